The lowest BCUT2D eigenvalue weighted by molar-refractivity contribution is 0.744. The van der Waals surface area contributed by atoms with Crippen molar-refractivity contribution >= 4 is 10.9 Å². The van der Waals surface area contributed by atoms with Crippen LogP contribution in [0.3, 0.4) is 0 Å². The summed E-state index contributed by atoms with van der Waals surface area (Å²) < 4.78 is 0. The molecule has 1 aromatic carbocycles. The Morgan fingerprint density at radius 1 is 1.25 bits per heavy atom. The lowest BCUT2D eigenvalue weighted by Gasteiger charge is -1.97. The van der Waals surface area contributed by atoms with Crippen molar-refractivity contribution in [1.82, 2.24) is 4.98 Å². The number of rotatable bonds is 5. The van der Waals surface area contributed by atoms with Gasteiger partial charge in [-0.25, -0.2) is 0 Å². The van der Waals surface area contributed by atoms with E-state index in [0.29, 0.717) is 6.54 Å². The second-order valence-electron chi connectivity index (χ2n) is 3.77. The maximum Gasteiger partial charge on any atom is 0.0456 e. The lowest BCUT2D eigenvalue weighted by atomic mass is 10.1. The number of hydrogen-bond acceptors (Lipinski definition) is 1. The largest absolute Gasteiger partial charge is 0.361 e. The van der Waals surface area contributed by atoms with Crippen molar-refractivity contribution in [3.63, 3.8) is 0 Å². The molecule has 0 aliphatic rings. The fourth-order valence-electron chi connectivity index (χ4n) is 1.88. The monoisotopic (exact) mass is 214 g/mol. The first-order chi connectivity index (χ1) is 7.92. The predicted octanol–water partition coefficient (Wildman–Crippen LogP) is 3.80. The van der Waals surface area contributed by atoms with Crippen molar-refractivity contribution in [2.45, 2.75) is 19.3 Å². The van der Waals surface area contributed by atoms with E-state index in [-0.39, 0.29) is 0 Å². The van der Waals surface area contributed by atoms with E-state index in [4.69, 9.17) is 5.53 Å². The van der Waals surface area contributed by atoms with Crippen LogP contribution in [-0.4, -0.2) is 11.5 Å². The van der Waals surface area contributed by atoms with Crippen LogP contribution in [0.2, 0.25) is 0 Å². The van der Waals surface area contributed by atoms with E-state index in [1.54, 1.807) is 0 Å². The molecular weight excluding hydrogens is 200 g/mol. The summed E-state index contributed by atoms with van der Waals surface area (Å²) >= 11 is 0. The average molecular weight is 214 g/mol. The average Bonchev–Trinajstić information content (AvgIpc) is 2.73. The molecule has 82 valence electrons. The molecule has 0 atom stereocenters. The molecule has 16 heavy (non-hydrogen) atoms. The lowest BCUT2D eigenvalue weighted by Crippen LogP contribution is -1.85. The van der Waals surface area contributed by atoms with Crippen molar-refractivity contribution in [3.8, 4) is 0 Å². The van der Waals surface area contributed by atoms with E-state index < -0.39 is 0 Å². The van der Waals surface area contributed by atoms with E-state index in [9.17, 15) is 0 Å². The SMILES string of the molecule is [N-]=[N+]=NCCCCc1c[nH]c2ccccc12. The van der Waals surface area contributed by atoms with E-state index in [0.717, 1.165) is 19.3 Å². The van der Waals surface area contributed by atoms with Crippen LogP contribution in [0.5, 0.6) is 0 Å². The Kier molecular flexibility index (Phi) is 3.46. The summed E-state index contributed by atoms with van der Waals surface area (Å²) in [5.74, 6) is 0. The Labute approximate surface area is 93.9 Å². The van der Waals surface area contributed by atoms with Crippen molar-refractivity contribution in [2.24, 2.45) is 5.11 Å². The third-order valence-corrected chi connectivity index (χ3v) is 2.69. The molecule has 1 N–H and O–H groups in total. The van der Waals surface area contributed by atoms with Gasteiger partial charge in [0.2, 0.25) is 0 Å². The summed E-state index contributed by atoms with van der Waals surface area (Å²) in [5.41, 5.74) is 10.7. The van der Waals surface area contributed by atoms with Gasteiger partial charge in [0.05, 0.1) is 0 Å². The quantitative estimate of drug-likeness (QED) is 0.340. The highest BCUT2D eigenvalue weighted by Gasteiger charge is 2.01. The van der Waals surface area contributed by atoms with Gasteiger partial charge in [-0.2, -0.15) is 0 Å². The molecule has 1 aromatic heterocycles. The molecular formula is C12H14N4. The number of aromatic amines is 1. The van der Waals surface area contributed by atoms with Crippen LogP contribution in [0.1, 0.15) is 18.4 Å². The number of azide groups is 1. The Morgan fingerprint density at radius 3 is 3.00 bits per heavy atom. The van der Waals surface area contributed by atoms with Gasteiger partial charge in [-0.1, -0.05) is 23.3 Å². The van der Waals surface area contributed by atoms with Crippen LogP contribution in [0.25, 0.3) is 21.3 Å². The number of aryl methyl sites for hydroxylation is 1. The zero-order valence-corrected chi connectivity index (χ0v) is 9.06. The minimum atomic E-state index is 0.596. The van der Waals surface area contributed by atoms with Crippen LogP contribution in [0.4, 0.5) is 0 Å². The molecule has 2 rings (SSSR count). The Bertz CT molecular complexity index is 508. The van der Waals surface area contributed by atoms with Crippen LogP contribution >= 0.6 is 0 Å². The standard InChI is InChI=1S/C12H14N4/c13-16-15-8-4-3-5-10-9-14-12-7-2-1-6-11(10)12/h1-2,6-7,9,14H,3-5,8H2. The van der Waals surface area contributed by atoms with Gasteiger partial charge in [0.25, 0.3) is 0 Å². The second-order valence-corrected chi connectivity index (χ2v) is 3.77. The molecule has 0 radical (unpaired) electrons. The summed E-state index contributed by atoms with van der Waals surface area (Å²) in [7, 11) is 0. The van der Waals surface area contributed by atoms with E-state index in [1.165, 1.54) is 16.5 Å². The second kappa shape index (κ2) is 5.24. The first-order valence-corrected chi connectivity index (χ1v) is 5.47. The number of nitrogens with zero attached hydrogens (tertiary/aromatic N) is 3. The number of aromatic nitrogens is 1. The molecule has 0 aliphatic heterocycles. The molecule has 0 bridgehead atoms. The van der Waals surface area contributed by atoms with E-state index in [2.05, 4.69) is 39.4 Å². The van der Waals surface area contributed by atoms with Crippen LogP contribution in [0, 0.1) is 0 Å². The number of hydrogen-bond donors (Lipinski definition) is 1. The molecule has 0 unspecified atom stereocenters. The third kappa shape index (κ3) is 2.35. The molecule has 4 nitrogen and oxygen atoms in total. The van der Waals surface area contributed by atoms with Crippen molar-refractivity contribution in [3.05, 3.63) is 46.5 Å². The maximum absolute atomic E-state index is 8.14. The molecule has 0 fully saturated rings. The number of nitrogens with one attached hydrogen (secondary N) is 1. The molecule has 0 saturated carbocycles. The highest BCUT2D eigenvalue weighted by molar-refractivity contribution is 5.82. The van der Waals surface area contributed by atoms with Gasteiger partial charge < -0.3 is 4.98 Å². The Balaban J connectivity index is 1.96. The normalized spacial score (nSPS) is 10.2. The molecule has 4 heteroatoms. The fourth-order valence-corrected chi connectivity index (χ4v) is 1.88. The summed E-state index contributed by atoms with van der Waals surface area (Å²) in [6, 6.07) is 8.30. The van der Waals surface area contributed by atoms with Crippen LogP contribution < -0.4 is 0 Å². The van der Waals surface area contributed by atoms with Gasteiger partial charge in [-0.05, 0) is 36.4 Å². The summed E-state index contributed by atoms with van der Waals surface area (Å²) in [4.78, 5) is 6.00. The fraction of sp³-hybridized carbons (Fsp3) is 0.333. The summed E-state index contributed by atoms with van der Waals surface area (Å²) in [6.07, 6.45) is 5.10. The van der Waals surface area contributed by atoms with Gasteiger partial charge in [0.1, 0.15) is 0 Å². The zero-order chi connectivity index (χ0) is 11.2. The molecule has 0 spiro atoms. The number of H-pyrrole nitrogens is 1. The van der Waals surface area contributed by atoms with Crippen LogP contribution in [0.15, 0.2) is 35.6 Å². The zero-order valence-electron chi connectivity index (χ0n) is 9.06. The maximum atomic E-state index is 8.14. The molecule has 0 saturated heterocycles. The highest BCUT2D eigenvalue weighted by Crippen LogP contribution is 2.19. The number of unbranched alkanes of at least 4 members (excludes halogenated alkanes) is 1. The third-order valence-electron chi connectivity index (χ3n) is 2.69. The van der Waals surface area contributed by atoms with Crippen molar-refractivity contribution in [2.75, 3.05) is 6.54 Å². The molecule has 1 heterocycles. The van der Waals surface area contributed by atoms with Gasteiger partial charge in [0.15, 0.2) is 0 Å². The number of benzene rings is 1. The van der Waals surface area contributed by atoms with Gasteiger partial charge in [0, 0.05) is 28.6 Å². The van der Waals surface area contributed by atoms with Gasteiger partial charge >= 0.3 is 0 Å². The first kappa shape index (κ1) is 10.6. The number of fused-ring (bicyclic) bond motifs is 1. The first-order valence-electron chi connectivity index (χ1n) is 5.47. The summed E-state index contributed by atoms with van der Waals surface area (Å²) in [5, 5.41) is 4.82. The Morgan fingerprint density at radius 2 is 2.12 bits per heavy atom. The molecule has 0 aliphatic carbocycles. The van der Waals surface area contributed by atoms with Crippen molar-refractivity contribution in [1.29, 1.82) is 0 Å². The minimum absolute atomic E-state index is 0.596. The van der Waals surface area contributed by atoms with Crippen LogP contribution in [-0.2, 0) is 6.42 Å². The smallest absolute Gasteiger partial charge is 0.0456 e. The van der Waals surface area contributed by atoms with E-state index in [1.807, 2.05) is 6.07 Å². The number of para-hydroxylation sites is 1. The highest BCUT2D eigenvalue weighted by atomic mass is 15.1. The predicted molar refractivity (Wildman–Crippen MR) is 65.2 cm³/mol. The Hall–Kier alpha value is -1.93. The summed E-state index contributed by atoms with van der Waals surface area (Å²) in [6.45, 7) is 0.596. The topological polar surface area (TPSA) is 64.6 Å². The van der Waals surface area contributed by atoms with Crippen molar-refractivity contribution < 1.29 is 0 Å². The molecule has 2 aromatic rings. The minimum Gasteiger partial charge on any atom is -0.361 e. The van der Waals surface area contributed by atoms with E-state index >= 15 is 0 Å². The van der Waals surface area contributed by atoms with Gasteiger partial charge in [-0.15, -0.1) is 0 Å². The van der Waals surface area contributed by atoms with Gasteiger partial charge in [-0.3, -0.25) is 0 Å². The molecule has 0 amide bonds.